The van der Waals surface area contributed by atoms with E-state index in [2.05, 4.69) is 21.4 Å². The number of aryl methyl sites for hydroxylation is 1. The summed E-state index contributed by atoms with van der Waals surface area (Å²) in [5.41, 5.74) is 1.24. The third-order valence-electron chi connectivity index (χ3n) is 2.63. The van der Waals surface area contributed by atoms with Crippen LogP contribution in [0.1, 0.15) is 11.4 Å². The zero-order chi connectivity index (χ0) is 12.8. The van der Waals surface area contributed by atoms with Crippen molar-refractivity contribution >= 4 is 5.82 Å². The molecule has 94 valence electrons. The fourth-order valence-corrected chi connectivity index (χ4v) is 1.72. The second-order valence-corrected chi connectivity index (χ2v) is 4.02. The number of nitrogens with one attached hydrogen (secondary N) is 1. The molecular formula is C14H17N3O. The van der Waals surface area contributed by atoms with Crippen LogP contribution in [-0.2, 0) is 6.42 Å². The van der Waals surface area contributed by atoms with E-state index in [1.807, 2.05) is 31.2 Å². The number of hydrogen-bond acceptors (Lipinski definition) is 4. The molecule has 0 aliphatic rings. The number of anilines is 1. The number of rotatable bonds is 5. The van der Waals surface area contributed by atoms with Crippen LogP contribution in [0.3, 0.4) is 0 Å². The lowest BCUT2D eigenvalue weighted by Crippen LogP contribution is -2.07. The molecular weight excluding hydrogens is 226 g/mol. The van der Waals surface area contributed by atoms with Gasteiger partial charge in [0.25, 0.3) is 0 Å². The van der Waals surface area contributed by atoms with Crippen LogP contribution in [0.15, 0.2) is 36.5 Å². The molecule has 4 nitrogen and oxygen atoms in total. The summed E-state index contributed by atoms with van der Waals surface area (Å²) in [6.45, 7) is 2.72. The van der Waals surface area contributed by atoms with E-state index in [0.717, 1.165) is 30.4 Å². The summed E-state index contributed by atoms with van der Waals surface area (Å²) in [7, 11) is 1.68. The highest BCUT2D eigenvalue weighted by molar-refractivity contribution is 5.34. The Bertz CT molecular complexity index is 514. The number of aromatic nitrogens is 2. The molecule has 0 saturated carbocycles. The molecule has 0 saturated heterocycles. The largest absolute Gasteiger partial charge is 0.497 e. The molecule has 4 heteroatoms. The van der Waals surface area contributed by atoms with Gasteiger partial charge in [0.2, 0.25) is 0 Å². The highest BCUT2D eigenvalue weighted by Gasteiger charge is 1.97. The van der Waals surface area contributed by atoms with Crippen molar-refractivity contribution in [2.45, 2.75) is 13.3 Å². The van der Waals surface area contributed by atoms with Gasteiger partial charge in [0.05, 0.1) is 7.11 Å². The summed E-state index contributed by atoms with van der Waals surface area (Å²) >= 11 is 0. The molecule has 0 fully saturated rings. The molecule has 0 unspecified atom stereocenters. The second kappa shape index (κ2) is 6.00. The lowest BCUT2D eigenvalue weighted by molar-refractivity contribution is 0.414. The predicted molar refractivity (Wildman–Crippen MR) is 72.0 cm³/mol. The van der Waals surface area contributed by atoms with Crippen molar-refractivity contribution < 1.29 is 4.74 Å². The highest BCUT2D eigenvalue weighted by atomic mass is 16.5. The van der Waals surface area contributed by atoms with Crippen molar-refractivity contribution in [1.82, 2.24) is 9.97 Å². The molecule has 1 aromatic carbocycles. The van der Waals surface area contributed by atoms with Crippen LogP contribution < -0.4 is 10.1 Å². The molecule has 1 aromatic heterocycles. The van der Waals surface area contributed by atoms with Crippen molar-refractivity contribution in [1.29, 1.82) is 0 Å². The van der Waals surface area contributed by atoms with Gasteiger partial charge in [-0.1, -0.05) is 12.1 Å². The molecule has 0 amide bonds. The number of hydrogen-bond donors (Lipinski definition) is 1. The fourth-order valence-electron chi connectivity index (χ4n) is 1.72. The predicted octanol–water partition coefficient (Wildman–Crippen LogP) is 2.45. The van der Waals surface area contributed by atoms with Gasteiger partial charge in [-0.3, -0.25) is 0 Å². The summed E-state index contributed by atoms with van der Waals surface area (Å²) in [5, 5.41) is 3.28. The van der Waals surface area contributed by atoms with Gasteiger partial charge in [0, 0.05) is 12.7 Å². The van der Waals surface area contributed by atoms with Gasteiger partial charge in [-0.25, -0.2) is 9.97 Å². The van der Waals surface area contributed by atoms with Crippen LogP contribution in [0.25, 0.3) is 0 Å². The lowest BCUT2D eigenvalue weighted by atomic mass is 10.1. The Morgan fingerprint density at radius 3 is 2.94 bits per heavy atom. The maximum atomic E-state index is 5.19. The van der Waals surface area contributed by atoms with E-state index in [4.69, 9.17) is 4.74 Å². The highest BCUT2D eigenvalue weighted by Crippen LogP contribution is 2.13. The molecule has 18 heavy (non-hydrogen) atoms. The van der Waals surface area contributed by atoms with Crippen molar-refractivity contribution in [3.8, 4) is 5.75 Å². The summed E-state index contributed by atoms with van der Waals surface area (Å²) in [6, 6.07) is 9.97. The number of benzene rings is 1. The summed E-state index contributed by atoms with van der Waals surface area (Å²) in [6.07, 6.45) is 2.69. The van der Waals surface area contributed by atoms with Gasteiger partial charge in [0.1, 0.15) is 17.4 Å². The topological polar surface area (TPSA) is 47.0 Å². The smallest absolute Gasteiger partial charge is 0.129 e. The molecule has 0 aliphatic heterocycles. The standard InChI is InChI=1S/C14H17N3O/c1-11-15-9-7-14(17-11)16-8-6-12-4-3-5-13(10-12)18-2/h3-5,7,9-10H,6,8H2,1-2H3,(H,15,16,17). The molecule has 0 atom stereocenters. The van der Waals surface area contributed by atoms with Crippen molar-refractivity contribution in [3.05, 3.63) is 47.9 Å². The van der Waals surface area contributed by atoms with Crippen LogP contribution in [0.4, 0.5) is 5.82 Å². The molecule has 0 spiro atoms. The number of ether oxygens (including phenoxy) is 1. The second-order valence-electron chi connectivity index (χ2n) is 4.02. The molecule has 1 N–H and O–H groups in total. The van der Waals surface area contributed by atoms with E-state index in [1.54, 1.807) is 13.3 Å². The maximum absolute atomic E-state index is 5.19. The normalized spacial score (nSPS) is 10.1. The van der Waals surface area contributed by atoms with E-state index in [-0.39, 0.29) is 0 Å². The zero-order valence-corrected chi connectivity index (χ0v) is 10.7. The molecule has 0 bridgehead atoms. The SMILES string of the molecule is COc1cccc(CCNc2ccnc(C)n2)c1. The maximum Gasteiger partial charge on any atom is 0.129 e. The zero-order valence-electron chi connectivity index (χ0n) is 10.7. The third kappa shape index (κ3) is 3.45. The molecule has 1 heterocycles. The van der Waals surface area contributed by atoms with Gasteiger partial charge in [0.15, 0.2) is 0 Å². The van der Waals surface area contributed by atoms with Crippen molar-refractivity contribution in [2.75, 3.05) is 19.0 Å². The quantitative estimate of drug-likeness (QED) is 0.876. The lowest BCUT2D eigenvalue weighted by Gasteiger charge is -2.07. The van der Waals surface area contributed by atoms with Crippen molar-refractivity contribution in [3.63, 3.8) is 0 Å². The minimum absolute atomic E-state index is 0.779. The summed E-state index contributed by atoms with van der Waals surface area (Å²) in [4.78, 5) is 8.35. The summed E-state index contributed by atoms with van der Waals surface area (Å²) < 4.78 is 5.19. The first-order valence-corrected chi connectivity index (χ1v) is 5.94. The van der Waals surface area contributed by atoms with E-state index < -0.39 is 0 Å². The minimum atomic E-state index is 0.779. The third-order valence-corrected chi connectivity index (χ3v) is 2.63. The first-order chi connectivity index (χ1) is 8.78. The average molecular weight is 243 g/mol. The van der Waals surface area contributed by atoms with Gasteiger partial charge in [-0.05, 0) is 37.1 Å². The van der Waals surface area contributed by atoms with E-state index in [9.17, 15) is 0 Å². The Hall–Kier alpha value is -2.10. The average Bonchev–Trinajstić information content (AvgIpc) is 2.39. The first kappa shape index (κ1) is 12.4. The molecule has 0 radical (unpaired) electrons. The Morgan fingerprint density at radius 2 is 2.17 bits per heavy atom. The fraction of sp³-hybridized carbons (Fsp3) is 0.286. The Balaban J connectivity index is 1.88. The number of nitrogens with zero attached hydrogens (tertiary/aromatic N) is 2. The van der Waals surface area contributed by atoms with Gasteiger partial charge in [-0.2, -0.15) is 0 Å². The van der Waals surface area contributed by atoms with Gasteiger partial charge >= 0.3 is 0 Å². The van der Waals surface area contributed by atoms with Crippen LogP contribution in [0, 0.1) is 6.92 Å². The molecule has 0 aliphatic carbocycles. The minimum Gasteiger partial charge on any atom is -0.497 e. The number of methoxy groups -OCH3 is 1. The van der Waals surface area contributed by atoms with E-state index in [0.29, 0.717) is 0 Å². The first-order valence-electron chi connectivity index (χ1n) is 5.94. The van der Waals surface area contributed by atoms with Crippen LogP contribution in [0.5, 0.6) is 5.75 Å². The molecule has 2 aromatic rings. The van der Waals surface area contributed by atoms with Crippen LogP contribution >= 0.6 is 0 Å². The Kier molecular flexibility index (Phi) is 4.12. The van der Waals surface area contributed by atoms with Gasteiger partial charge < -0.3 is 10.1 Å². The monoisotopic (exact) mass is 243 g/mol. The Morgan fingerprint density at radius 1 is 1.28 bits per heavy atom. The van der Waals surface area contributed by atoms with Gasteiger partial charge in [-0.15, -0.1) is 0 Å². The van der Waals surface area contributed by atoms with Crippen LogP contribution in [-0.4, -0.2) is 23.6 Å². The van der Waals surface area contributed by atoms with Crippen LogP contribution in [0.2, 0.25) is 0 Å². The van der Waals surface area contributed by atoms with E-state index >= 15 is 0 Å². The summed E-state index contributed by atoms with van der Waals surface area (Å²) in [5.74, 6) is 2.54. The van der Waals surface area contributed by atoms with E-state index in [1.165, 1.54) is 5.56 Å². The Labute approximate surface area is 107 Å². The molecule has 2 rings (SSSR count). The van der Waals surface area contributed by atoms with Crippen molar-refractivity contribution in [2.24, 2.45) is 0 Å².